The highest BCUT2D eigenvalue weighted by atomic mass is 32.2. The lowest BCUT2D eigenvalue weighted by Crippen LogP contribution is -2.26. The molecule has 0 saturated carbocycles. The lowest BCUT2D eigenvalue weighted by molar-refractivity contribution is 0.0697. The van der Waals surface area contributed by atoms with Crippen LogP contribution >= 0.6 is 11.8 Å². The minimum atomic E-state index is -0.930. The van der Waals surface area contributed by atoms with E-state index in [1.165, 1.54) is 0 Å². The lowest BCUT2D eigenvalue weighted by Gasteiger charge is -2.23. The molecule has 0 amide bonds. The van der Waals surface area contributed by atoms with E-state index in [0.717, 1.165) is 24.3 Å². The first-order valence-electron chi connectivity index (χ1n) is 5.30. The summed E-state index contributed by atoms with van der Waals surface area (Å²) >= 11 is 1.94. The minimum absolute atomic E-state index is 0.251. The Morgan fingerprint density at radius 2 is 2.25 bits per heavy atom. The summed E-state index contributed by atoms with van der Waals surface area (Å²) in [6, 6.07) is 3.58. The number of pyridine rings is 1. The van der Waals surface area contributed by atoms with Gasteiger partial charge in [-0.05, 0) is 36.5 Å². The van der Waals surface area contributed by atoms with Gasteiger partial charge in [-0.3, -0.25) is 0 Å². The molecule has 1 fully saturated rings. The van der Waals surface area contributed by atoms with Crippen molar-refractivity contribution in [3.05, 3.63) is 23.9 Å². The van der Waals surface area contributed by atoms with Crippen LogP contribution in [0.1, 0.15) is 23.2 Å². The number of aromatic carboxylic acids is 1. The van der Waals surface area contributed by atoms with Crippen LogP contribution in [0.25, 0.3) is 0 Å². The third kappa shape index (κ3) is 2.66. The Morgan fingerprint density at radius 1 is 1.50 bits per heavy atom. The van der Waals surface area contributed by atoms with Crippen molar-refractivity contribution in [1.29, 1.82) is 0 Å². The molecule has 1 aliphatic heterocycles. The van der Waals surface area contributed by atoms with Crippen molar-refractivity contribution in [2.45, 2.75) is 18.9 Å². The number of carboxylic acids is 1. The van der Waals surface area contributed by atoms with Crippen molar-refractivity contribution < 1.29 is 9.90 Å². The fourth-order valence-corrected chi connectivity index (χ4v) is 2.83. The summed E-state index contributed by atoms with van der Waals surface area (Å²) < 4.78 is 0. The molecule has 1 aromatic rings. The zero-order valence-corrected chi connectivity index (χ0v) is 9.67. The number of nitrogens with one attached hydrogen (secondary N) is 1. The largest absolute Gasteiger partial charge is 0.478 e. The molecule has 0 aliphatic carbocycles. The van der Waals surface area contributed by atoms with E-state index in [4.69, 9.17) is 5.11 Å². The Hall–Kier alpha value is -1.23. The van der Waals surface area contributed by atoms with Crippen molar-refractivity contribution in [3.8, 4) is 0 Å². The summed E-state index contributed by atoms with van der Waals surface area (Å²) in [6.45, 7) is 0. The number of rotatable bonds is 3. The molecule has 5 heteroatoms. The molecule has 4 nitrogen and oxygen atoms in total. The van der Waals surface area contributed by atoms with Crippen LogP contribution in [0.2, 0.25) is 0 Å². The van der Waals surface area contributed by atoms with Crippen LogP contribution < -0.4 is 5.32 Å². The highest BCUT2D eigenvalue weighted by Gasteiger charge is 2.17. The molecule has 1 aliphatic rings. The third-order valence-corrected chi connectivity index (χ3v) is 3.65. The van der Waals surface area contributed by atoms with E-state index < -0.39 is 5.97 Å². The third-order valence-electron chi connectivity index (χ3n) is 2.60. The summed E-state index contributed by atoms with van der Waals surface area (Å²) in [4.78, 5) is 15.1. The smallest absolute Gasteiger partial charge is 0.339 e. The zero-order chi connectivity index (χ0) is 11.4. The fraction of sp³-hybridized carbons (Fsp3) is 0.455. The van der Waals surface area contributed by atoms with E-state index in [1.54, 1.807) is 18.3 Å². The van der Waals surface area contributed by atoms with Crippen LogP contribution in [0.4, 0.5) is 5.82 Å². The van der Waals surface area contributed by atoms with Crippen LogP contribution in [-0.2, 0) is 0 Å². The van der Waals surface area contributed by atoms with Gasteiger partial charge in [-0.25, -0.2) is 9.78 Å². The Morgan fingerprint density at radius 3 is 2.94 bits per heavy atom. The molecule has 0 unspecified atom stereocenters. The Labute approximate surface area is 98.5 Å². The molecule has 0 bridgehead atoms. The summed E-state index contributed by atoms with van der Waals surface area (Å²) in [6.07, 6.45) is 3.76. The second-order valence-electron chi connectivity index (χ2n) is 3.74. The van der Waals surface area contributed by atoms with Gasteiger partial charge >= 0.3 is 5.97 Å². The Kier molecular flexibility index (Phi) is 3.66. The van der Waals surface area contributed by atoms with Crippen LogP contribution in [-0.4, -0.2) is 33.6 Å². The highest BCUT2D eigenvalue weighted by molar-refractivity contribution is 7.99. The number of carbonyl (C=O) groups is 1. The molecule has 2 N–H and O–H groups in total. The van der Waals surface area contributed by atoms with Gasteiger partial charge in [-0.15, -0.1) is 0 Å². The summed E-state index contributed by atoms with van der Waals surface area (Å²) in [5.74, 6) is 1.83. The molecule has 0 aromatic carbocycles. The number of nitrogens with zero attached hydrogens (tertiary/aromatic N) is 1. The normalized spacial score (nSPS) is 17.0. The van der Waals surface area contributed by atoms with Gasteiger partial charge in [0.2, 0.25) is 0 Å². The number of carboxylic acid groups (broad SMARTS) is 1. The van der Waals surface area contributed by atoms with E-state index in [-0.39, 0.29) is 5.56 Å². The topological polar surface area (TPSA) is 62.2 Å². The van der Waals surface area contributed by atoms with Crippen molar-refractivity contribution in [2.75, 3.05) is 16.8 Å². The maximum Gasteiger partial charge on any atom is 0.339 e. The average molecular weight is 238 g/mol. The monoisotopic (exact) mass is 238 g/mol. The van der Waals surface area contributed by atoms with Gasteiger partial charge in [0.15, 0.2) is 0 Å². The van der Waals surface area contributed by atoms with E-state index in [0.29, 0.717) is 11.9 Å². The van der Waals surface area contributed by atoms with Crippen LogP contribution in [0.15, 0.2) is 18.3 Å². The number of anilines is 1. The molecular weight excluding hydrogens is 224 g/mol. The Balaban J connectivity index is 2.10. The SMILES string of the molecule is O=C(O)c1cccnc1NC1CCSCC1. The molecule has 0 spiro atoms. The van der Waals surface area contributed by atoms with Crippen molar-refractivity contribution in [2.24, 2.45) is 0 Å². The first kappa shape index (κ1) is 11.3. The molecule has 0 atom stereocenters. The number of hydrogen-bond acceptors (Lipinski definition) is 4. The second kappa shape index (κ2) is 5.21. The van der Waals surface area contributed by atoms with E-state index >= 15 is 0 Å². The first-order valence-corrected chi connectivity index (χ1v) is 6.45. The van der Waals surface area contributed by atoms with Crippen molar-refractivity contribution >= 4 is 23.5 Å². The fourth-order valence-electron chi connectivity index (χ4n) is 1.73. The van der Waals surface area contributed by atoms with Crippen LogP contribution in [0, 0.1) is 0 Å². The molecular formula is C11H14N2O2S. The number of aromatic nitrogens is 1. The van der Waals surface area contributed by atoms with E-state index in [2.05, 4.69) is 10.3 Å². The summed E-state index contributed by atoms with van der Waals surface area (Å²) in [5, 5.41) is 12.2. The molecule has 16 heavy (non-hydrogen) atoms. The first-order chi connectivity index (χ1) is 7.77. The molecule has 0 radical (unpaired) electrons. The van der Waals surface area contributed by atoms with Crippen molar-refractivity contribution in [3.63, 3.8) is 0 Å². The number of thioether (sulfide) groups is 1. The Bertz CT molecular complexity index is 378. The maximum atomic E-state index is 11.0. The molecule has 2 heterocycles. The minimum Gasteiger partial charge on any atom is -0.478 e. The van der Waals surface area contributed by atoms with Crippen LogP contribution in [0.3, 0.4) is 0 Å². The van der Waals surface area contributed by atoms with Gasteiger partial charge in [-0.2, -0.15) is 11.8 Å². The summed E-state index contributed by atoms with van der Waals surface area (Å²) in [5.41, 5.74) is 0.251. The lowest BCUT2D eigenvalue weighted by atomic mass is 10.1. The predicted molar refractivity (Wildman–Crippen MR) is 65.2 cm³/mol. The van der Waals surface area contributed by atoms with E-state index in [9.17, 15) is 4.79 Å². The van der Waals surface area contributed by atoms with Gasteiger partial charge in [0.05, 0.1) is 0 Å². The standard InChI is InChI=1S/C11H14N2O2S/c14-11(15)9-2-1-5-12-10(9)13-8-3-6-16-7-4-8/h1-2,5,8H,3-4,6-7H2,(H,12,13)(H,14,15). The highest BCUT2D eigenvalue weighted by Crippen LogP contribution is 2.21. The second-order valence-corrected chi connectivity index (χ2v) is 4.96. The molecule has 1 saturated heterocycles. The van der Waals surface area contributed by atoms with Gasteiger partial charge in [0, 0.05) is 12.2 Å². The van der Waals surface area contributed by atoms with Crippen LogP contribution in [0.5, 0.6) is 0 Å². The van der Waals surface area contributed by atoms with E-state index in [1.807, 2.05) is 11.8 Å². The van der Waals surface area contributed by atoms with Gasteiger partial charge in [0.25, 0.3) is 0 Å². The molecule has 1 aromatic heterocycles. The van der Waals surface area contributed by atoms with Gasteiger partial charge in [-0.1, -0.05) is 0 Å². The molecule has 86 valence electrons. The average Bonchev–Trinajstić information content (AvgIpc) is 2.31. The van der Waals surface area contributed by atoms with Crippen molar-refractivity contribution in [1.82, 2.24) is 4.98 Å². The quantitative estimate of drug-likeness (QED) is 0.844. The molecule has 2 rings (SSSR count). The maximum absolute atomic E-state index is 11.0. The van der Waals surface area contributed by atoms with Gasteiger partial charge in [0.1, 0.15) is 11.4 Å². The zero-order valence-electron chi connectivity index (χ0n) is 8.85. The van der Waals surface area contributed by atoms with Gasteiger partial charge < -0.3 is 10.4 Å². The number of hydrogen-bond donors (Lipinski definition) is 2. The predicted octanol–water partition coefficient (Wildman–Crippen LogP) is 2.09. The summed E-state index contributed by atoms with van der Waals surface area (Å²) in [7, 11) is 0.